The molecule has 2 amide bonds. The fourth-order valence-electron chi connectivity index (χ4n) is 1.85. The predicted molar refractivity (Wildman–Crippen MR) is 84.2 cm³/mol. The van der Waals surface area contributed by atoms with Crippen molar-refractivity contribution in [3.63, 3.8) is 0 Å². The predicted octanol–water partition coefficient (Wildman–Crippen LogP) is 1.28. The topological polar surface area (TPSA) is 76.7 Å². The highest BCUT2D eigenvalue weighted by molar-refractivity contribution is 5.85. The smallest absolute Gasteiger partial charge is 0.239 e. The Bertz CT molecular complexity index is 517. The zero-order chi connectivity index (χ0) is 16.5. The quantitative estimate of drug-likeness (QED) is 0.758. The Morgan fingerprint density at radius 1 is 1.14 bits per heavy atom. The van der Waals surface area contributed by atoms with Gasteiger partial charge in [-0.05, 0) is 31.0 Å². The minimum absolute atomic E-state index is 0.0174. The van der Waals surface area contributed by atoms with Gasteiger partial charge in [-0.1, -0.05) is 13.0 Å². The minimum Gasteiger partial charge on any atom is -0.493 e. The summed E-state index contributed by atoms with van der Waals surface area (Å²) in [5.41, 5.74) is 0.789. The normalized spacial score (nSPS) is 11.5. The molecule has 0 heterocycles. The summed E-state index contributed by atoms with van der Waals surface area (Å²) in [5, 5.41) is 5.40. The highest BCUT2D eigenvalue weighted by atomic mass is 16.5. The van der Waals surface area contributed by atoms with Gasteiger partial charge in [0.05, 0.1) is 27.2 Å². The molecular weight excluding hydrogens is 284 g/mol. The third-order valence-electron chi connectivity index (χ3n) is 3.28. The van der Waals surface area contributed by atoms with Gasteiger partial charge in [0.1, 0.15) is 0 Å². The molecule has 6 nitrogen and oxygen atoms in total. The Labute approximate surface area is 131 Å². The van der Waals surface area contributed by atoms with Crippen LogP contribution in [-0.4, -0.2) is 38.6 Å². The van der Waals surface area contributed by atoms with E-state index in [4.69, 9.17) is 9.47 Å². The van der Waals surface area contributed by atoms with Crippen molar-refractivity contribution in [2.24, 2.45) is 0 Å². The first-order valence-electron chi connectivity index (χ1n) is 7.27. The summed E-state index contributed by atoms with van der Waals surface area (Å²) in [5.74, 6) is 0.781. The number of hydrogen-bond donors (Lipinski definition) is 2. The molecule has 0 aliphatic rings. The zero-order valence-electron chi connectivity index (χ0n) is 13.6. The Balaban J connectivity index is 2.50. The van der Waals surface area contributed by atoms with E-state index in [-0.39, 0.29) is 30.8 Å². The third kappa shape index (κ3) is 5.63. The molecule has 1 unspecified atom stereocenters. The Morgan fingerprint density at radius 2 is 1.82 bits per heavy atom. The lowest BCUT2D eigenvalue weighted by atomic mass is 10.1. The van der Waals surface area contributed by atoms with E-state index in [1.807, 2.05) is 13.8 Å². The number of hydrogen-bond acceptors (Lipinski definition) is 4. The summed E-state index contributed by atoms with van der Waals surface area (Å²) in [4.78, 5) is 23.5. The summed E-state index contributed by atoms with van der Waals surface area (Å²) in [6.45, 7) is 3.89. The maximum absolute atomic E-state index is 11.9. The Morgan fingerprint density at radius 3 is 2.41 bits per heavy atom. The SMILES string of the molecule is CCC(C)NC(=O)CNC(=O)Cc1ccc(OC)c(OC)c1. The molecule has 0 aliphatic heterocycles. The number of carbonyl (C=O) groups excluding carboxylic acids is 2. The molecule has 6 heteroatoms. The highest BCUT2D eigenvalue weighted by Gasteiger charge is 2.10. The molecule has 1 aromatic rings. The lowest BCUT2D eigenvalue weighted by Gasteiger charge is -2.12. The molecule has 0 fully saturated rings. The minimum atomic E-state index is -0.216. The summed E-state index contributed by atoms with van der Waals surface area (Å²) in [7, 11) is 3.10. The van der Waals surface area contributed by atoms with Crippen LogP contribution in [0.2, 0.25) is 0 Å². The lowest BCUT2D eigenvalue weighted by Crippen LogP contribution is -2.41. The summed E-state index contributed by atoms with van der Waals surface area (Å²) in [6, 6.07) is 5.39. The van der Waals surface area contributed by atoms with Gasteiger partial charge in [-0.2, -0.15) is 0 Å². The van der Waals surface area contributed by atoms with Gasteiger partial charge in [-0.3, -0.25) is 9.59 Å². The van der Waals surface area contributed by atoms with E-state index in [0.29, 0.717) is 11.5 Å². The number of rotatable bonds is 8. The first-order chi connectivity index (χ1) is 10.5. The average molecular weight is 308 g/mol. The maximum atomic E-state index is 11.9. The van der Waals surface area contributed by atoms with E-state index in [9.17, 15) is 9.59 Å². The standard InChI is InChI=1S/C16H24N2O4/c1-5-11(2)18-16(20)10-17-15(19)9-12-6-7-13(21-3)14(8-12)22-4/h6-8,11H,5,9-10H2,1-4H3,(H,17,19)(H,18,20). The first-order valence-corrected chi connectivity index (χ1v) is 7.27. The van der Waals surface area contributed by atoms with Crippen molar-refractivity contribution < 1.29 is 19.1 Å². The molecule has 0 saturated heterocycles. The van der Waals surface area contributed by atoms with Gasteiger partial charge in [-0.25, -0.2) is 0 Å². The van der Waals surface area contributed by atoms with Crippen molar-refractivity contribution in [2.45, 2.75) is 32.7 Å². The lowest BCUT2D eigenvalue weighted by molar-refractivity contribution is -0.126. The molecule has 22 heavy (non-hydrogen) atoms. The highest BCUT2D eigenvalue weighted by Crippen LogP contribution is 2.27. The average Bonchev–Trinajstić information content (AvgIpc) is 2.52. The van der Waals surface area contributed by atoms with Gasteiger partial charge in [0, 0.05) is 6.04 Å². The van der Waals surface area contributed by atoms with Gasteiger partial charge >= 0.3 is 0 Å². The molecule has 1 rings (SSSR count). The van der Waals surface area contributed by atoms with E-state index in [2.05, 4.69) is 10.6 Å². The van der Waals surface area contributed by atoms with Crippen LogP contribution >= 0.6 is 0 Å². The van der Waals surface area contributed by atoms with Crippen molar-refractivity contribution in [1.82, 2.24) is 10.6 Å². The van der Waals surface area contributed by atoms with Crippen molar-refractivity contribution >= 4 is 11.8 Å². The third-order valence-corrected chi connectivity index (χ3v) is 3.28. The number of ether oxygens (including phenoxy) is 2. The maximum Gasteiger partial charge on any atom is 0.239 e. The van der Waals surface area contributed by atoms with E-state index in [1.165, 1.54) is 0 Å². The second-order valence-corrected chi connectivity index (χ2v) is 5.02. The fourth-order valence-corrected chi connectivity index (χ4v) is 1.85. The van der Waals surface area contributed by atoms with Crippen molar-refractivity contribution in [1.29, 1.82) is 0 Å². The second kappa shape index (κ2) is 8.92. The molecule has 0 aromatic heterocycles. The Hall–Kier alpha value is -2.24. The fraction of sp³-hybridized carbons (Fsp3) is 0.500. The number of nitrogens with one attached hydrogen (secondary N) is 2. The molecule has 2 N–H and O–H groups in total. The van der Waals surface area contributed by atoms with Crippen molar-refractivity contribution in [3.05, 3.63) is 23.8 Å². The molecule has 0 saturated carbocycles. The van der Waals surface area contributed by atoms with E-state index in [1.54, 1.807) is 32.4 Å². The molecule has 0 spiro atoms. The van der Waals surface area contributed by atoms with Crippen LogP contribution in [-0.2, 0) is 16.0 Å². The van der Waals surface area contributed by atoms with Crippen LogP contribution in [0.15, 0.2) is 18.2 Å². The van der Waals surface area contributed by atoms with Gasteiger partial charge in [0.2, 0.25) is 11.8 Å². The Kier molecular flexibility index (Phi) is 7.22. The van der Waals surface area contributed by atoms with Crippen LogP contribution in [0.3, 0.4) is 0 Å². The van der Waals surface area contributed by atoms with Crippen molar-refractivity contribution in [3.8, 4) is 11.5 Å². The van der Waals surface area contributed by atoms with Gasteiger partial charge in [0.15, 0.2) is 11.5 Å². The summed E-state index contributed by atoms with van der Waals surface area (Å²) < 4.78 is 10.3. The molecule has 0 bridgehead atoms. The van der Waals surface area contributed by atoms with Crippen LogP contribution in [0.5, 0.6) is 11.5 Å². The summed E-state index contributed by atoms with van der Waals surface area (Å²) >= 11 is 0. The zero-order valence-corrected chi connectivity index (χ0v) is 13.6. The second-order valence-electron chi connectivity index (χ2n) is 5.02. The molecular formula is C16H24N2O4. The van der Waals surface area contributed by atoms with Crippen LogP contribution < -0.4 is 20.1 Å². The van der Waals surface area contributed by atoms with Crippen LogP contribution in [0, 0.1) is 0 Å². The van der Waals surface area contributed by atoms with Crippen molar-refractivity contribution in [2.75, 3.05) is 20.8 Å². The van der Waals surface area contributed by atoms with Crippen LogP contribution in [0.25, 0.3) is 0 Å². The number of amides is 2. The van der Waals surface area contributed by atoms with Gasteiger partial charge in [-0.15, -0.1) is 0 Å². The van der Waals surface area contributed by atoms with E-state index < -0.39 is 0 Å². The van der Waals surface area contributed by atoms with Gasteiger partial charge < -0.3 is 20.1 Å². The monoisotopic (exact) mass is 308 g/mol. The largest absolute Gasteiger partial charge is 0.493 e. The molecule has 122 valence electrons. The molecule has 0 aliphatic carbocycles. The molecule has 1 atom stereocenters. The van der Waals surface area contributed by atoms with E-state index >= 15 is 0 Å². The van der Waals surface area contributed by atoms with Crippen LogP contribution in [0.4, 0.5) is 0 Å². The van der Waals surface area contributed by atoms with E-state index in [0.717, 1.165) is 12.0 Å². The van der Waals surface area contributed by atoms with Gasteiger partial charge in [0.25, 0.3) is 0 Å². The molecule has 1 aromatic carbocycles. The number of benzene rings is 1. The number of carbonyl (C=O) groups is 2. The summed E-state index contributed by atoms with van der Waals surface area (Å²) in [6.07, 6.45) is 1.03. The number of methoxy groups -OCH3 is 2. The first kappa shape index (κ1) is 17.8. The van der Waals surface area contributed by atoms with Crippen LogP contribution in [0.1, 0.15) is 25.8 Å². The molecule has 0 radical (unpaired) electrons.